The van der Waals surface area contributed by atoms with Gasteiger partial charge < -0.3 is 5.32 Å². The molecule has 6 nitrogen and oxygen atoms in total. The topological polar surface area (TPSA) is 78.5 Å². The summed E-state index contributed by atoms with van der Waals surface area (Å²) in [5.74, 6) is -0.239. The van der Waals surface area contributed by atoms with Crippen LogP contribution in [0.2, 0.25) is 0 Å². The third-order valence-electron chi connectivity index (χ3n) is 4.48. The first-order valence-corrected chi connectivity index (χ1v) is 10.9. The largest absolute Gasteiger partial charge is 0.348 e. The van der Waals surface area contributed by atoms with Crippen molar-refractivity contribution in [2.75, 3.05) is 24.1 Å². The highest BCUT2D eigenvalue weighted by Gasteiger charge is 2.12. The van der Waals surface area contributed by atoms with Gasteiger partial charge in [-0.15, -0.1) is 0 Å². The standard InChI is InChI=1S/C20H25N3O3S/c1-27(25,26)22-19-9-5-8-18(13-19)20(24)21-14-16-6-4-7-17(12-16)15-23-10-2-3-11-23/h4-9,12-13,22H,2-3,10-11,14-15H2,1H3,(H,21,24). The molecule has 0 spiro atoms. The Balaban J connectivity index is 1.59. The highest BCUT2D eigenvalue weighted by molar-refractivity contribution is 7.92. The predicted octanol–water partition coefficient (Wildman–Crippen LogP) is 2.58. The van der Waals surface area contributed by atoms with Crippen LogP contribution in [0.25, 0.3) is 0 Å². The molecule has 2 aromatic rings. The SMILES string of the molecule is CS(=O)(=O)Nc1cccc(C(=O)NCc2cccc(CN3CCCC3)c2)c1. The van der Waals surface area contributed by atoms with Crippen molar-refractivity contribution in [3.63, 3.8) is 0 Å². The van der Waals surface area contributed by atoms with E-state index in [4.69, 9.17) is 0 Å². The number of rotatable bonds is 7. The summed E-state index contributed by atoms with van der Waals surface area (Å²) < 4.78 is 25.0. The van der Waals surface area contributed by atoms with Gasteiger partial charge in [-0.3, -0.25) is 14.4 Å². The van der Waals surface area contributed by atoms with Crippen molar-refractivity contribution in [2.24, 2.45) is 0 Å². The Labute approximate surface area is 160 Å². The molecule has 0 aliphatic carbocycles. The minimum absolute atomic E-state index is 0.239. The first-order chi connectivity index (χ1) is 12.9. The Bertz CT molecular complexity index is 906. The Hall–Kier alpha value is -2.38. The second-order valence-corrected chi connectivity index (χ2v) is 8.69. The number of nitrogens with zero attached hydrogens (tertiary/aromatic N) is 1. The van der Waals surface area contributed by atoms with Gasteiger partial charge in [0.1, 0.15) is 0 Å². The number of nitrogens with one attached hydrogen (secondary N) is 2. The number of amides is 1. The van der Waals surface area contributed by atoms with E-state index in [1.165, 1.54) is 24.5 Å². The van der Waals surface area contributed by atoms with Gasteiger partial charge in [-0.1, -0.05) is 30.3 Å². The van der Waals surface area contributed by atoms with Gasteiger partial charge in [-0.25, -0.2) is 8.42 Å². The van der Waals surface area contributed by atoms with Gasteiger partial charge in [0.15, 0.2) is 0 Å². The van der Waals surface area contributed by atoms with Crippen molar-refractivity contribution in [1.29, 1.82) is 0 Å². The van der Waals surface area contributed by atoms with Gasteiger partial charge in [0.25, 0.3) is 5.91 Å². The lowest BCUT2D eigenvalue weighted by Crippen LogP contribution is -2.23. The summed E-state index contributed by atoms with van der Waals surface area (Å²) >= 11 is 0. The maximum absolute atomic E-state index is 12.4. The summed E-state index contributed by atoms with van der Waals surface area (Å²) in [6.07, 6.45) is 3.61. The van der Waals surface area contributed by atoms with Crippen molar-refractivity contribution in [2.45, 2.75) is 25.9 Å². The Kier molecular flexibility index (Phi) is 6.13. The van der Waals surface area contributed by atoms with Crippen LogP contribution in [-0.2, 0) is 23.1 Å². The van der Waals surface area contributed by atoms with E-state index in [2.05, 4.69) is 27.1 Å². The van der Waals surface area contributed by atoms with Crippen LogP contribution < -0.4 is 10.0 Å². The van der Waals surface area contributed by atoms with E-state index in [9.17, 15) is 13.2 Å². The zero-order valence-electron chi connectivity index (χ0n) is 15.4. The monoisotopic (exact) mass is 387 g/mol. The summed E-state index contributed by atoms with van der Waals surface area (Å²) in [5, 5.41) is 2.90. The molecule has 1 fully saturated rings. The van der Waals surface area contributed by atoms with Crippen LogP contribution >= 0.6 is 0 Å². The molecular weight excluding hydrogens is 362 g/mol. The summed E-state index contributed by atoms with van der Waals surface area (Å²) in [6.45, 7) is 3.68. The van der Waals surface area contributed by atoms with Gasteiger partial charge in [0.05, 0.1) is 6.26 Å². The van der Waals surface area contributed by atoms with Crippen molar-refractivity contribution >= 4 is 21.6 Å². The van der Waals surface area contributed by atoms with Gasteiger partial charge in [0.2, 0.25) is 10.0 Å². The minimum atomic E-state index is -3.38. The molecule has 0 unspecified atom stereocenters. The van der Waals surface area contributed by atoms with E-state index >= 15 is 0 Å². The second-order valence-electron chi connectivity index (χ2n) is 6.94. The van der Waals surface area contributed by atoms with Gasteiger partial charge in [-0.05, 0) is 55.3 Å². The average Bonchev–Trinajstić information content (AvgIpc) is 3.12. The molecule has 7 heteroatoms. The fraction of sp³-hybridized carbons (Fsp3) is 0.350. The van der Waals surface area contributed by atoms with E-state index in [-0.39, 0.29) is 5.91 Å². The molecule has 3 rings (SSSR count). The molecule has 1 saturated heterocycles. The van der Waals surface area contributed by atoms with Crippen LogP contribution in [0.4, 0.5) is 5.69 Å². The van der Waals surface area contributed by atoms with E-state index in [1.54, 1.807) is 18.2 Å². The third kappa shape index (κ3) is 6.08. The van der Waals surface area contributed by atoms with Crippen LogP contribution in [0.3, 0.4) is 0 Å². The molecule has 27 heavy (non-hydrogen) atoms. The zero-order valence-corrected chi connectivity index (χ0v) is 16.3. The molecule has 144 valence electrons. The maximum atomic E-state index is 12.4. The maximum Gasteiger partial charge on any atom is 0.251 e. The van der Waals surface area contributed by atoms with Crippen LogP contribution in [0.1, 0.15) is 34.3 Å². The van der Waals surface area contributed by atoms with Crippen LogP contribution in [0.15, 0.2) is 48.5 Å². The number of anilines is 1. The summed E-state index contributed by atoms with van der Waals surface area (Å²) in [7, 11) is -3.38. The lowest BCUT2D eigenvalue weighted by Gasteiger charge is -2.15. The molecule has 2 aromatic carbocycles. The summed E-state index contributed by atoms with van der Waals surface area (Å²) in [6, 6.07) is 14.7. The number of carbonyl (C=O) groups excluding carboxylic acids is 1. The smallest absolute Gasteiger partial charge is 0.251 e. The van der Waals surface area contributed by atoms with Crippen LogP contribution in [0.5, 0.6) is 0 Å². The molecule has 2 N–H and O–H groups in total. The molecule has 0 bridgehead atoms. The number of hydrogen-bond acceptors (Lipinski definition) is 4. The fourth-order valence-electron chi connectivity index (χ4n) is 3.26. The minimum Gasteiger partial charge on any atom is -0.348 e. The normalized spacial score (nSPS) is 14.9. The molecule has 0 radical (unpaired) electrons. The number of benzene rings is 2. The summed E-state index contributed by atoms with van der Waals surface area (Å²) in [5.41, 5.74) is 3.09. The van der Waals surface area contributed by atoms with Crippen molar-refractivity contribution in [3.05, 3.63) is 65.2 Å². The Morgan fingerprint density at radius 3 is 2.48 bits per heavy atom. The molecule has 1 aliphatic rings. The van der Waals surface area contributed by atoms with Gasteiger partial charge in [0, 0.05) is 24.3 Å². The molecule has 0 saturated carbocycles. The van der Waals surface area contributed by atoms with Crippen LogP contribution in [0, 0.1) is 0 Å². The zero-order chi connectivity index (χ0) is 19.3. The predicted molar refractivity (Wildman–Crippen MR) is 107 cm³/mol. The van der Waals surface area contributed by atoms with Gasteiger partial charge >= 0.3 is 0 Å². The lowest BCUT2D eigenvalue weighted by atomic mass is 10.1. The van der Waals surface area contributed by atoms with Crippen molar-refractivity contribution in [1.82, 2.24) is 10.2 Å². The van der Waals surface area contributed by atoms with Gasteiger partial charge in [-0.2, -0.15) is 0 Å². The third-order valence-corrected chi connectivity index (χ3v) is 5.08. The van der Waals surface area contributed by atoms with E-state index in [0.29, 0.717) is 17.8 Å². The second kappa shape index (κ2) is 8.54. The number of sulfonamides is 1. The molecule has 1 heterocycles. The fourth-order valence-corrected chi connectivity index (χ4v) is 3.81. The van der Waals surface area contributed by atoms with E-state index in [1.807, 2.05) is 12.1 Å². The van der Waals surface area contributed by atoms with Crippen LogP contribution in [-0.4, -0.2) is 38.6 Å². The first-order valence-electron chi connectivity index (χ1n) is 9.05. The average molecular weight is 388 g/mol. The molecule has 0 atom stereocenters. The van der Waals surface area contributed by atoms with E-state index in [0.717, 1.165) is 31.5 Å². The summed E-state index contributed by atoms with van der Waals surface area (Å²) in [4.78, 5) is 14.8. The van der Waals surface area contributed by atoms with Crippen molar-refractivity contribution < 1.29 is 13.2 Å². The Morgan fingerprint density at radius 2 is 1.74 bits per heavy atom. The first kappa shape index (κ1) is 19.4. The molecule has 1 aliphatic heterocycles. The molecular formula is C20H25N3O3S. The van der Waals surface area contributed by atoms with E-state index < -0.39 is 10.0 Å². The number of likely N-dealkylation sites (tertiary alicyclic amines) is 1. The highest BCUT2D eigenvalue weighted by Crippen LogP contribution is 2.15. The lowest BCUT2D eigenvalue weighted by molar-refractivity contribution is 0.0951. The van der Waals surface area contributed by atoms with Crippen molar-refractivity contribution in [3.8, 4) is 0 Å². The molecule has 1 amide bonds. The number of hydrogen-bond donors (Lipinski definition) is 2. The highest BCUT2D eigenvalue weighted by atomic mass is 32.2. The Morgan fingerprint density at radius 1 is 1.04 bits per heavy atom. The molecule has 0 aromatic heterocycles. The number of carbonyl (C=O) groups is 1. The quantitative estimate of drug-likeness (QED) is 0.765.